The van der Waals surface area contributed by atoms with E-state index in [1.54, 1.807) is 0 Å². The summed E-state index contributed by atoms with van der Waals surface area (Å²) in [5.74, 6) is 0.0584. The molecule has 2 heteroatoms. The number of rotatable bonds is 5. The maximum atomic E-state index is 12.6. The van der Waals surface area contributed by atoms with Crippen molar-refractivity contribution in [2.24, 2.45) is 0 Å². The van der Waals surface area contributed by atoms with E-state index in [4.69, 9.17) is 0 Å². The van der Waals surface area contributed by atoms with Crippen LogP contribution in [-0.2, 0) is 6.54 Å². The van der Waals surface area contributed by atoms with Gasteiger partial charge in [-0.05, 0) is 24.6 Å². The van der Waals surface area contributed by atoms with Gasteiger partial charge in [-0.2, -0.15) is 0 Å². The molecule has 0 aliphatic carbocycles. The maximum absolute atomic E-state index is 12.6. The average Bonchev–Trinajstić information content (AvgIpc) is 3.04. The van der Waals surface area contributed by atoms with Gasteiger partial charge in [0.2, 0.25) is 5.78 Å². The Kier molecular flexibility index (Phi) is 4.53. The smallest absolute Gasteiger partial charge is 0.209 e. The van der Waals surface area contributed by atoms with Crippen LogP contribution in [0.5, 0.6) is 0 Å². The van der Waals surface area contributed by atoms with Crippen molar-refractivity contribution in [1.29, 1.82) is 0 Å². The van der Waals surface area contributed by atoms with Crippen molar-refractivity contribution < 1.29 is 4.79 Å². The Bertz CT molecular complexity index is 811. The second-order valence-electron chi connectivity index (χ2n) is 5.55. The number of carbonyl (C=O) groups excluding carboxylic acids is 1. The molecular weight excluding hydrogens is 282 g/mol. The van der Waals surface area contributed by atoms with Crippen LogP contribution in [0.2, 0.25) is 0 Å². The summed E-state index contributed by atoms with van der Waals surface area (Å²) in [5, 5.41) is 0. The monoisotopic (exact) mass is 301 g/mol. The second-order valence-corrected chi connectivity index (χ2v) is 5.55. The summed E-state index contributed by atoms with van der Waals surface area (Å²) < 4.78 is 1.97. The van der Waals surface area contributed by atoms with E-state index in [1.807, 2.05) is 72.3 Å². The molecule has 0 N–H and O–H groups in total. The number of aryl methyl sites for hydroxylation is 1. The molecule has 0 radical (unpaired) electrons. The van der Waals surface area contributed by atoms with Crippen LogP contribution in [-0.4, -0.2) is 10.4 Å². The zero-order valence-electron chi connectivity index (χ0n) is 13.1. The first-order chi connectivity index (χ1) is 11.2. The Morgan fingerprint density at radius 2 is 1.70 bits per heavy atom. The van der Waals surface area contributed by atoms with Gasteiger partial charge in [0.1, 0.15) is 0 Å². The maximum Gasteiger partial charge on any atom is 0.209 e. The lowest BCUT2D eigenvalue weighted by Crippen LogP contribution is -2.09. The summed E-state index contributed by atoms with van der Waals surface area (Å²) in [6.45, 7) is 2.69. The van der Waals surface area contributed by atoms with E-state index in [2.05, 4.69) is 24.3 Å². The van der Waals surface area contributed by atoms with Crippen LogP contribution in [0, 0.1) is 6.92 Å². The number of hydrogen-bond donors (Lipinski definition) is 0. The number of ketones is 1. The number of allylic oxidation sites excluding steroid dienone is 1. The van der Waals surface area contributed by atoms with Gasteiger partial charge >= 0.3 is 0 Å². The number of aromatic nitrogens is 1. The minimum absolute atomic E-state index is 0.0584. The summed E-state index contributed by atoms with van der Waals surface area (Å²) in [6, 6.07) is 21.6. The molecule has 2 nitrogen and oxygen atoms in total. The molecule has 2 aromatic carbocycles. The molecule has 23 heavy (non-hydrogen) atoms. The molecule has 0 unspecified atom stereocenters. The molecule has 3 aromatic rings. The minimum Gasteiger partial charge on any atom is -0.341 e. The van der Waals surface area contributed by atoms with E-state index in [9.17, 15) is 4.79 Å². The van der Waals surface area contributed by atoms with E-state index in [1.165, 1.54) is 0 Å². The van der Waals surface area contributed by atoms with E-state index in [-0.39, 0.29) is 5.78 Å². The third kappa shape index (κ3) is 3.67. The lowest BCUT2D eigenvalue weighted by atomic mass is 10.1. The third-order valence-corrected chi connectivity index (χ3v) is 3.79. The fourth-order valence-corrected chi connectivity index (χ4v) is 2.50. The molecule has 1 heterocycles. The minimum atomic E-state index is 0.0584. The van der Waals surface area contributed by atoms with Gasteiger partial charge in [0, 0.05) is 18.3 Å². The number of nitrogens with zero attached hydrogens (tertiary/aromatic N) is 1. The molecular formula is C21H19NO. The molecule has 3 rings (SSSR count). The van der Waals surface area contributed by atoms with Gasteiger partial charge in [0.15, 0.2) is 0 Å². The lowest BCUT2D eigenvalue weighted by molar-refractivity contribution is 0.103. The zero-order valence-corrected chi connectivity index (χ0v) is 13.1. The Labute approximate surface area is 136 Å². The predicted octanol–water partition coefficient (Wildman–Crippen LogP) is 4.74. The molecule has 0 saturated carbocycles. The highest BCUT2D eigenvalue weighted by molar-refractivity contribution is 6.08. The molecule has 0 fully saturated rings. The third-order valence-electron chi connectivity index (χ3n) is 3.79. The standard InChI is InChI=1S/C21H19NO/c1-17-11-13-19(14-12-17)21(23)20-10-6-16-22(20)15-5-9-18-7-3-2-4-8-18/h2-14,16H,15H2,1H3/b9-5+. The molecule has 0 spiro atoms. The van der Waals surface area contributed by atoms with Crippen LogP contribution in [0.3, 0.4) is 0 Å². The van der Waals surface area contributed by atoms with E-state index in [0.717, 1.165) is 16.7 Å². The van der Waals surface area contributed by atoms with Crippen LogP contribution in [0.15, 0.2) is 79.0 Å². The highest BCUT2D eigenvalue weighted by Crippen LogP contribution is 2.12. The normalized spacial score (nSPS) is 11.0. The zero-order chi connectivity index (χ0) is 16.1. The number of hydrogen-bond acceptors (Lipinski definition) is 1. The first kappa shape index (κ1) is 15.0. The Hall–Kier alpha value is -2.87. The van der Waals surface area contributed by atoms with Gasteiger partial charge in [0.05, 0.1) is 5.69 Å². The highest BCUT2D eigenvalue weighted by atomic mass is 16.1. The van der Waals surface area contributed by atoms with Crippen molar-refractivity contribution in [2.45, 2.75) is 13.5 Å². The summed E-state index contributed by atoms with van der Waals surface area (Å²) in [4.78, 5) is 12.6. The molecule has 0 bridgehead atoms. The van der Waals surface area contributed by atoms with Gasteiger partial charge in [-0.3, -0.25) is 4.79 Å². The van der Waals surface area contributed by atoms with Gasteiger partial charge < -0.3 is 4.57 Å². The first-order valence-corrected chi connectivity index (χ1v) is 7.72. The van der Waals surface area contributed by atoms with Gasteiger partial charge in [-0.25, -0.2) is 0 Å². The van der Waals surface area contributed by atoms with E-state index in [0.29, 0.717) is 12.2 Å². The van der Waals surface area contributed by atoms with Crippen molar-refractivity contribution in [2.75, 3.05) is 0 Å². The SMILES string of the molecule is Cc1ccc(C(=O)c2cccn2C/C=C/c2ccccc2)cc1. The fourth-order valence-electron chi connectivity index (χ4n) is 2.50. The van der Waals surface area contributed by atoms with Crippen molar-refractivity contribution in [3.8, 4) is 0 Å². The van der Waals surface area contributed by atoms with E-state index < -0.39 is 0 Å². The fraction of sp³-hybridized carbons (Fsp3) is 0.0952. The van der Waals surface area contributed by atoms with Gasteiger partial charge in [-0.1, -0.05) is 72.3 Å². The van der Waals surface area contributed by atoms with Gasteiger partial charge in [0.25, 0.3) is 0 Å². The van der Waals surface area contributed by atoms with Crippen LogP contribution in [0.1, 0.15) is 27.2 Å². The average molecular weight is 301 g/mol. The van der Waals surface area contributed by atoms with Crippen LogP contribution < -0.4 is 0 Å². The van der Waals surface area contributed by atoms with E-state index >= 15 is 0 Å². The van der Waals surface area contributed by atoms with Gasteiger partial charge in [-0.15, -0.1) is 0 Å². The molecule has 1 aromatic heterocycles. The van der Waals surface area contributed by atoms with Crippen molar-refractivity contribution in [3.63, 3.8) is 0 Å². The summed E-state index contributed by atoms with van der Waals surface area (Å²) in [5.41, 5.74) is 3.75. The Morgan fingerprint density at radius 1 is 0.957 bits per heavy atom. The molecule has 0 aliphatic heterocycles. The summed E-state index contributed by atoms with van der Waals surface area (Å²) in [6.07, 6.45) is 6.08. The molecule has 0 saturated heterocycles. The Morgan fingerprint density at radius 3 is 2.43 bits per heavy atom. The molecule has 0 aliphatic rings. The number of carbonyl (C=O) groups is 1. The first-order valence-electron chi connectivity index (χ1n) is 7.72. The van der Waals surface area contributed by atoms with Crippen molar-refractivity contribution in [1.82, 2.24) is 4.57 Å². The quantitative estimate of drug-likeness (QED) is 0.624. The summed E-state index contributed by atoms with van der Waals surface area (Å²) >= 11 is 0. The molecule has 0 amide bonds. The summed E-state index contributed by atoms with van der Waals surface area (Å²) in [7, 11) is 0. The number of benzene rings is 2. The Balaban J connectivity index is 1.75. The van der Waals surface area contributed by atoms with Crippen LogP contribution in [0.4, 0.5) is 0 Å². The second kappa shape index (κ2) is 6.93. The van der Waals surface area contributed by atoms with Crippen molar-refractivity contribution >= 4 is 11.9 Å². The van der Waals surface area contributed by atoms with Crippen LogP contribution in [0.25, 0.3) is 6.08 Å². The molecule has 0 atom stereocenters. The molecule has 114 valence electrons. The predicted molar refractivity (Wildman–Crippen MR) is 94.5 cm³/mol. The lowest BCUT2D eigenvalue weighted by Gasteiger charge is -2.06. The largest absolute Gasteiger partial charge is 0.341 e. The topological polar surface area (TPSA) is 22.0 Å². The van der Waals surface area contributed by atoms with Crippen LogP contribution >= 0.6 is 0 Å². The highest BCUT2D eigenvalue weighted by Gasteiger charge is 2.12. The van der Waals surface area contributed by atoms with Crippen molar-refractivity contribution in [3.05, 3.63) is 101 Å².